The van der Waals surface area contributed by atoms with E-state index >= 15 is 0 Å². The third kappa shape index (κ3) is 2.51. The summed E-state index contributed by atoms with van der Waals surface area (Å²) >= 11 is 0. The maximum Gasteiger partial charge on any atom is 0.157 e. The number of nitrogens with zero attached hydrogens (tertiary/aromatic N) is 4. The van der Waals surface area contributed by atoms with E-state index < -0.39 is 0 Å². The van der Waals surface area contributed by atoms with Crippen LogP contribution >= 0.6 is 0 Å². The van der Waals surface area contributed by atoms with Crippen LogP contribution in [0.1, 0.15) is 35.2 Å². The average Bonchev–Trinajstić information content (AvgIpc) is 3.17. The zero-order chi connectivity index (χ0) is 19.3. The Morgan fingerprint density at radius 2 is 1.96 bits per heavy atom. The van der Waals surface area contributed by atoms with Crippen molar-refractivity contribution in [1.82, 2.24) is 14.6 Å². The summed E-state index contributed by atoms with van der Waals surface area (Å²) in [6.07, 6.45) is 4.64. The first-order valence-electron chi connectivity index (χ1n) is 9.99. The molecule has 2 aromatic heterocycles. The van der Waals surface area contributed by atoms with Gasteiger partial charge in [-0.15, -0.1) is 0 Å². The van der Waals surface area contributed by atoms with Crippen LogP contribution in [0, 0.1) is 13.8 Å². The molecule has 0 bridgehead atoms. The van der Waals surface area contributed by atoms with E-state index in [1.807, 2.05) is 16.8 Å². The Morgan fingerprint density at radius 1 is 1.14 bits per heavy atom. The van der Waals surface area contributed by atoms with Gasteiger partial charge in [0.15, 0.2) is 5.65 Å². The lowest BCUT2D eigenvalue weighted by Gasteiger charge is -2.46. The molecule has 0 atom stereocenters. The van der Waals surface area contributed by atoms with Crippen LogP contribution in [0.5, 0.6) is 5.75 Å². The van der Waals surface area contributed by atoms with Crippen molar-refractivity contribution in [2.75, 3.05) is 31.7 Å². The van der Waals surface area contributed by atoms with Crippen molar-refractivity contribution in [1.29, 1.82) is 0 Å². The Kier molecular flexibility index (Phi) is 4.05. The molecular weight excluding hydrogens is 352 g/mol. The van der Waals surface area contributed by atoms with Gasteiger partial charge in [0.25, 0.3) is 0 Å². The summed E-state index contributed by atoms with van der Waals surface area (Å²) in [5.74, 6) is 2.11. The van der Waals surface area contributed by atoms with E-state index in [1.54, 1.807) is 7.11 Å². The highest BCUT2D eigenvalue weighted by Gasteiger charge is 2.43. The Hall–Kier alpha value is -2.60. The Balaban J connectivity index is 1.51. The molecule has 0 saturated carbocycles. The first-order chi connectivity index (χ1) is 13.6. The summed E-state index contributed by atoms with van der Waals surface area (Å²) in [6, 6.07) is 8.33. The number of anilines is 1. The molecule has 0 amide bonds. The molecule has 5 rings (SSSR count). The smallest absolute Gasteiger partial charge is 0.157 e. The van der Waals surface area contributed by atoms with Crippen molar-refractivity contribution in [2.24, 2.45) is 0 Å². The van der Waals surface area contributed by atoms with Crippen molar-refractivity contribution < 1.29 is 9.47 Å². The van der Waals surface area contributed by atoms with Crippen molar-refractivity contribution in [2.45, 2.75) is 38.7 Å². The van der Waals surface area contributed by atoms with Crippen LogP contribution in [0.4, 0.5) is 5.82 Å². The van der Waals surface area contributed by atoms with Gasteiger partial charge in [-0.25, -0.2) is 4.98 Å². The van der Waals surface area contributed by atoms with Gasteiger partial charge in [0, 0.05) is 36.0 Å². The number of aryl methyl sites for hydroxylation is 1. The van der Waals surface area contributed by atoms with Gasteiger partial charge in [-0.2, -0.15) is 9.61 Å². The molecular formula is C22H26N4O2. The molecule has 0 radical (unpaired) electrons. The van der Waals surface area contributed by atoms with Crippen molar-refractivity contribution in [3.63, 3.8) is 0 Å². The monoisotopic (exact) mass is 378 g/mol. The van der Waals surface area contributed by atoms with E-state index in [0.29, 0.717) is 0 Å². The second-order valence-corrected chi connectivity index (χ2v) is 7.82. The molecule has 28 heavy (non-hydrogen) atoms. The van der Waals surface area contributed by atoms with Gasteiger partial charge in [0.1, 0.15) is 17.2 Å². The first kappa shape index (κ1) is 17.5. The van der Waals surface area contributed by atoms with E-state index in [2.05, 4.69) is 47.0 Å². The highest BCUT2D eigenvalue weighted by Crippen LogP contribution is 2.46. The second-order valence-electron chi connectivity index (χ2n) is 7.82. The van der Waals surface area contributed by atoms with E-state index in [1.165, 1.54) is 16.7 Å². The Bertz CT molecular complexity index is 1020. The molecule has 4 heterocycles. The normalized spacial score (nSPS) is 18.5. The number of fused-ring (bicyclic) bond motifs is 3. The molecule has 0 unspecified atom stereocenters. The van der Waals surface area contributed by atoms with Gasteiger partial charge in [-0.3, -0.25) is 0 Å². The minimum absolute atomic E-state index is 0.254. The van der Waals surface area contributed by atoms with Crippen molar-refractivity contribution >= 4 is 11.5 Å². The van der Waals surface area contributed by atoms with Crippen LogP contribution < -0.4 is 9.64 Å². The quantitative estimate of drug-likeness (QED) is 0.684. The molecule has 2 aliphatic heterocycles. The fourth-order valence-electron chi connectivity index (χ4n) is 4.87. The molecule has 2 aliphatic rings. The van der Waals surface area contributed by atoms with E-state index in [4.69, 9.17) is 9.47 Å². The minimum Gasteiger partial charge on any atom is -0.496 e. The van der Waals surface area contributed by atoms with Crippen LogP contribution in [0.3, 0.4) is 0 Å². The van der Waals surface area contributed by atoms with E-state index in [0.717, 1.165) is 61.9 Å². The predicted molar refractivity (Wildman–Crippen MR) is 108 cm³/mol. The lowest BCUT2D eigenvalue weighted by Crippen LogP contribution is -2.47. The number of aromatic nitrogens is 3. The molecule has 0 aliphatic carbocycles. The van der Waals surface area contributed by atoms with Crippen LogP contribution in [0.25, 0.3) is 5.65 Å². The summed E-state index contributed by atoms with van der Waals surface area (Å²) in [4.78, 5) is 7.09. The topological polar surface area (TPSA) is 51.9 Å². The van der Waals surface area contributed by atoms with Crippen molar-refractivity contribution in [3.8, 4) is 5.75 Å². The van der Waals surface area contributed by atoms with Gasteiger partial charge in [-0.05, 0) is 44.7 Å². The highest BCUT2D eigenvalue weighted by molar-refractivity contribution is 5.57. The van der Waals surface area contributed by atoms with E-state index in [-0.39, 0.29) is 5.60 Å². The fraction of sp³-hybridized carbons (Fsp3) is 0.455. The highest BCUT2D eigenvalue weighted by atomic mass is 16.5. The second kappa shape index (κ2) is 6.48. The van der Waals surface area contributed by atoms with Gasteiger partial charge < -0.3 is 14.4 Å². The number of hydrogen-bond acceptors (Lipinski definition) is 5. The van der Waals surface area contributed by atoms with E-state index in [9.17, 15) is 0 Å². The summed E-state index contributed by atoms with van der Waals surface area (Å²) < 4.78 is 14.1. The average molecular weight is 378 g/mol. The molecule has 1 aromatic carbocycles. The van der Waals surface area contributed by atoms with Crippen LogP contribution in [0.2, 0.25) is 0 Å². The number of rotatable bonds is 2. The lowest BCUT2D eigenvalue weighted by molar-refractivity contribution is -0.0780. The number of ether oxygens (including phenoxy) is 2. The number of benzene rings is 1. The SMILES string of the molecule is COc1cccc2c1C1(CCN(c3c(C)c(C)nc4ccnn34)CC1)OCC2. The Morgan fingerprint density at radius 3 is 2.75 bits per heavy atom. The molecule has 146 valence electrons. The molecule has 1 spiro atoms. The summed E-state index contributed by atoms with van der Waals surface area (Å²) in [5, 5.41) is 4.52. The molecule has 3 aromatic rings. The summed E-state index contributed by atoms with van der Waals surface area (Å²) in [5.41, 5.74) is 5.52. The molecule has 1 fully saturated rings. The minimum atomic E-state index is -0.254. The first-order valence-corrected chi connectivity index (χ1v) is 9.99. The van der Waals surface area contributed by atoms with Gasteiger partial charge in [-0.1, -0.05) is 12.1 Å². The largest absolute Gasteiger partial charge is 0.496 e. The fourth-order valence-corrected chi connectivity index (χ4v) is 4.87. The molecule has 0 N–H and O–H groups in total. The maximum absolute atomic E-state index is 6.44. The molecule has 1 saturated heterocycles. The standard InChI is InChI=1S/C22H26N4O2/c1-15-16(2)24-19-7-11-23-26(19)21(15)25-12-9-22(10-13-25)20-17(8-14-28-22)5-4-6-18(20)27-3/h4-7,11H,8-10,12-14H2,1-3H3. The van der Waals surface area contributed by atoms with Crippen LogP contribution in [-0.4, -0.2) is 41.4 Å². The maximum atomic E-state index is 6.44. The van der Waals surface area contributed by atoms with Gasteiger partial charge in [0.05, 0.1) is 19.9 Å². The van der Waals surface area contributed by atoms with Gasteiger partial charge >= 0.3 is 0 Å². The number of piperidine rings is 1. The third-order valence-corrected chi connectivity index (χ3v) is 6.39. The zero-order valence-electron chi connectivity index (χ0n) is 16.7. The Labute approximate surface area is 165 Å². The van der Waals surface area contributed by atoms with Crippen molar-refractivity contribution in [3.05, 3.63) is 52.8 Å². The lowest BCUT2D eigenvalue weighted by atomic mass is 9.78. The summed E-state index contributed by atoms with van der Waals surface area (Å²) in [7, 11) is 1.75. The molecule has 6 nitrogen and oxygen atoms in total. The predicted octanol–water partition coefficient (Wildman–Crippen LogP) is 3.42. The number of methoxy groups -OCH3 is 1. The van der Waals surface area contributed by atoms with Crippen LogP contribution in [0.15, 0.2) is 30.5 Å². The third-order valence-electron chi connectivity index (χ3n) is 6.39. The molecule has 6 heteroatoms. The van der Waals surface area contributed by atoms with Gasteiger partial charge in [0.2, 0.25) is 0 Å². The summed E-state index contributed by atoms with van der Waals surface area (Å²) in [6.45, 7) is 6.81. The van der Waals surface area contributed by atoms with Crippen LogP contribution in [-0.2, 0) is 16.8 Å². The zero-order valence-corrected chi connectivity index (χ0v) is 16.7. The number of hydrogen-bond donors (Lipinski definition) is 0.